The van der Waals surface area contributed by atoms with Crippen molar-refractivity contribution in [3.05, 3.63) is 36.2 Å². The number of ether oxygens (including phenoxy) is 1. The Balaban J connectivity index is 1.75. The lowest BCUT2D eigenvalue weighted by molar-refractivity contribution is -0.137. The number of rotatable bonds is 3. The normalized spacial score (nSPS) is 20.2. The van der Waals surface area contributed by atoms with Crippen LogP contribution in [0.4, 0.5) is 23.4 Å². The number of halogens is 4. The highest BCUT2D eigenvalue weighted by atomic mass is 19.4. The van der Waals surface area contributed by atoms with Crippen molar-refractivity contribution in [3.63, 3.8) is 0 Å². The third kappa shape index (κ3) is 2.80. The first-order valence-electron chi connectivity index (χ1n) is 7.81. The number of fused-ring (bicyclic) bond motifs is 1. The predicted molar refractivity (Wildman–Crippen MR) is 84.4 cm³/mol. The zero-order chi connectivity index (χ0) is 18.5. The van der Waals surface area contributed by atoms with Crippen LogP contribution in [0.1, 0.15) is 24.4 Å². The molecule has 1 saturated carbocycles. The molecule has 0 unspecified atom stereocenters. The van der Waals surface area contributed by atoms with Gasteiger partial charge in [0.15, 0.2) is 5.65 Å². The van der Waals surface area contributed by atoms with Crippen LogP contribution in [0.15, 0.2) is 30.6 Å². The Bertz CT molecular complexity index is 965. The minimum absolute atomic E-state index is 0.0141. The van der Waals surface area contributed by atoms with Crippen molar-refractivity contribution in [2.24, 2.45) is 0 Å². The molecule has 0 amide bonds. The lowest BCUT2D eigenvalue weighted by Gasteiger charge is -2.29. The molecule has 136 valence electrons. The zero-order valence-corrected chi connectivity index (χ0v) is 13.2. The summed E-state index contributed by atoms with van der Waals surface area (Å²) in [5.41, 5.74) is 5.38. The topological polar surface area (TPSA) is 78.8 Å². The van der Waals surface area contributed by atoms with Crippen LogP contribution in [0.5, 0.6) is 11.6 Å². The fourth-order valence-electron chi connectivity index (χ4n) is 2.86. The van der Waals surface area contributed by atoms with Crippen molar-refractivity contribution in [1.29, 1.82) is 0 Å². The molecule has 0 atom stereocenters. The summed E-state index contributed by atoms with van der Waals surface area (Å²) >= 11 is 0. The second kappa shape index (κ2) is 5.82. The standard InChI is InChI=1S/C16H13F4N5O/c17-9-5-10(6-9)25-14-12(13(21)22-7-23-14)15(24-25)26-11-3-1-2-8(4-11)16(18,19)20/h1-4,7,9-10H,5-6H2,(H2,21,22,23). The summed E-state index contributed by atoms with van der Waals surface area (Å²) < 4.78 is 58.9. The monoisotopic (exact) mass is 367 g/mol. The number of nitrogens with two attached hydrogens (primary N) is 1. The van der Waals surface area contributed by atoms with Crippen LogP contribution in [0, 0.1) is 0 Å². The smallest absolute Gasteiger partial charge is 0.416 e. The number of benzene rings is 1. The average Bonchev–Trinajstić information content (AvgIpc) is 2.91. The van der Waals surface area contributed by atoms with Gasteiger partial charge in [-0.15, -0.1) is 5.10 Å². The van der Waals surface area contributed by atoms with Gasteiger partial charge in [-0.05, 0) is 18.2 Å². The molecule has 1 aromatic carbocycles. The Hall–Kier alpha value is -2.91. The predicted octanol–water partition coefficient (Wildman–Crippen LogP) is 3.89. The van der Waals surface area contributed by atoms with Crippen LogP contribution < -0.4 is 10.5 Å². The van der Waals surface area contributed by atoms with Gasteiger partial charge < -0.3 is 10.5 Å². The largest absolute Gasteiger partial charge is 0.437 e. The quantitative estimate of drug-likeness (QED) is 0.711. The van der Waals surface area contributed by atoms with Crippen molar-refractivity contribution in [1.82, 2.24) is 19.7 Å². The Kier molecular flexibility index (Phi) is 3.70. The number of anilines is 1. The summed E-state index contributed by atoms with van der Waals surface area (Å²) in [4.78, 5) is 7.99. The van der Waals surface area contributed by atoms with Crippen LogP contribution >= 0.6 is 0 Å². The highest BCUT2D eigenvalue weighted by Crippen LogP contribution is 2.40. The van der Waals surface area contributed by atoms with E-state index < -0.39 is 17.9 Å². The number of aromatic nitrogens is 4. The molecule has 0 aliphatic heterocycles. The van der Waals surface area contributed by atoms with E-state index in [1.807, 2.05) is 0 Å². The van der Waals surface area contributed by atoms with Crippen molar-refractivity contribution in [2.75, 3.05) is 5.73 Å². The highest BCUT2D eigenvalue weighted by Gasteiger charge is 2.34. The molecule has 1 fully saturated rings. The van der Waals surface area contributed by atoms with Gasteiger partial charge >= 0.3 is 6.18 Å². The second-order valence-corrected chi connectivity index (χ2v) is 6.06. The van der Waals surface area contributed by atoms with E-state index in [1.165, 1.54) is 23.1 Å². The van der Waals surface area contributed by atoms with E-state index in [1.54, 1.807) is 0 Å². The first-order valence-corrected chi connectivity index (χ1v) is 7.81. The molecule has 2 heterocycles. The van der Waals surface area contributed by atoms with Crippen LogP contribution in [-0.2, 0) is 6.18 Å². The van der Waals surface area contributed by atoms with Crippen LogP contribution in [0.3, 0.4) is 0 Å². The van der Waals surface area contributed by atoms with Gasteiger partial charge in [-0.3, -0.25) is 0 Å². The molecule has 3 aromatic rings. The fraction of sp³-hybridized carbons (Fsp3) is 0.312. The first-order chi connectivity index (χ1) is 12.3. The van der Waals surface area contributed by atoms with E-state index >= 15 is 0 Å². The van der Waals surface area contributed by atoms with E-state index in [2.05, 4.69) is 15.1 Å². The summed E-state index contributed by atoms with van der Waals surface area (Å²) in [6, 6.07) is 4.21. The highest BCUT2D eigenvalue weighted by molar-refractivity contribution is 5.90. The van der Waals surface area contributed by atoms with E-state index in [4.69, 9.17) is 10.5 Å². The molecule has 4 rings (SSSR count). The molecule has 10 heteroatoms. The summed E-state index contributed by atoms with van der Waals surface area (Å²) in [7, 11) is 0. The van der Waals surface area contributed by atoms with Gasteiger partial charge in [0.05, 0.1) is 11.6 Å². The van der Waals surface area contributed by atoms with Crippen LogP contribution in [0.25, 0.3) is 11.0 Å². The van der Waals surface area contributed by atoms with E-state index in [9.17, 15) is 17.6 Å². The lowest BCUT2D eigenvalue weighted by Crippen LogP contribution is -2.28. The van der Waals surface area contributed by atoms with Gasteiger partial charge in [0, 0.05) is 12.8 Å². The molecule has 0 radical (unpaired) electrons. The molecule has 0 saturated heterocycles. The number of hydrogen-bond acceptors (Lipinski definition) is 5. The number of nitrogen functional groups attached to an aromatic ring is 1. The fourth-order valence-corrected chi connectivity index (χ4v) is 2.86. The lowest BCUT2D eigenvalue weighted by atomic mass is 9.91. The number of nitrogens with zero attached hydrogens (tertiary/aromatic N) is 4. The molecular formula is C16H13F4N5O. The number of hydrogen-bond donors (Lipinski definition) is 1. The van der Waals surface area contributed by atoms with Gasteiger partial charge in [0.25, 0.3) is 5.88 Å². The van der Waals surface area contributed by atoms with Crippen molar-refractivity contribution >= 4 is 16.9 Å². The third-order valence-electron chi connectivity index (χ3n) is 4.26. The zero-order valence-electron chi connectivity index (χ0n) is 13.2. The summed E-state index contributed by atoms with van der Waals surface area (Å²) in [5, 5.41) is 4.54. The van der Waals surface area contributed by atoms with Crippen molar-refractivity contribution in [3.8, 4) is 11.6 Å². The molecule has 2 aromatic heterocycles. The van der Waals surface area contributed by atoms with Gasteiger partial charge in [0.2, 0.25) is 0 Å². The van der Waals surface area contributed by atoms with Gasteiger partial charge in [0.1, 0.15) is 29.5 Å². The maximum Gasteiger partial charge on any atom is 0.416 e. The minimum Gasteiger partial charge on any atom is -0.437 e. The second-order valence-electron chi connectivity index (χ2n) is 6.06. The van der Waals surface area contributed by atoms with Crippen LogP contribution in [-0.4, -0.2) is 25.9 Å². The third-order valence-corrected chi connectivity index (χ3v) is 4.26. The van der Waals surface area contributed by atoms with Gasteiger partial charge in [-0.25, -0.2) is 19.0 Å². The molecule has 1 aliphatic rings. The molecule has 2 N–H and O–H groups in total. The maximum atomic E-state index is 13.2. The molecule has 0 spiro atoms. The van der Waals surface area contributed by atoms with E-state index in [0.29, 0.717) is 5.65 Å². The molecular weight excluding hydrogens is 354 g/mol. The SMILES string of the molecule is Nc1ncnc2c1c(Oc1cccc(C(F)(F)F)c1)nn2C1CC(F)C1. The van der Waals surface area contributed by atoms with Crippen molar-refractivity contribution in [2.45, 2.75) is 31.2 Å². The van der Waals surface area contributed by atoms with Gasteiger partial charge in [-0.2, -0.15) is 13.2 Å². The maximum absolute atomic E-state index is 13.2. The Morgan fingerprint density at radius 1 is 1.19 bits per heavy atom. The van der Waals surface area contributed by atoms with Crippen molar-refractivity contribution < 1.29 is 22.3 Å². The van der Waals surface area contributed by atoms with E-state index in [0.717, 1.165) is 12.1 Å². The summed E-state index contributed by atoms with van der Waals surface area (Å²) in [6.45, 7) is 0. The number of alkyl halides is 4. The first kappa shape index (κ1) is 16.6. The average molecular weight is 367 g/mol. The molecule has 1 aliphatic carbocycles. The van der Waals surface area contributed by atoms with Crippen LogP contribution in [0.2, 0.25) is 0 Å². The Morgan fingerprint density at radius 2 is 1.96 bits per heavy atom. The molecule has 0 bridgehead atoms. The summed E-state index contributed by atoms with van der Waals surface area (Å²) in [6.07, 6.45) is -3.60. The van der Waals surface area contributed by atoms with E-state index in [-0.39, 0.29) is 41.7 Å². The molecule has 26 heavy (non-hydrogen) atoms. The Morgan fingerprint density at radius 3 is 2.65 bits per heavy atom. The minimum atomic E-state index is -4.50. The molecule has 6 nitrogen and oxygen atoms in total. The Labute approximate surface area is 144 Å². The van der Waals surface area contributed by atoms with Gasteiger partial charge in [-0.1, -0.05) is 6.07 Å². The summed E-state index contributed by atoms with van der Waals surface area (Å²) in [5.74, 6) is 0.0192.